The van der Waals surface area contributed by atoms with Gasteiger partial charge in [-0.25, -0.2) is 0 Å². The Morgan fingerprint density at radius 1 is 0.600 bits per heavy atom. The molecule has 4 atom stereocenters. The zero-order valence-electron chi connectivity index (χ0n) is 30.3. The summed E-state index contributed by atoms with van der Waals surface area (Å²) in [6.07, 6.45) is -1.07. The van der Waals surface area contributed by atoms with E-state index >= 15 is 0 Å². The van der Waals surface area contributed by atoms with Crippen molar-refractivity contribution >= 4 is 0 Å². The van der Waals surface area contributed by atoms with Gasteiger partial charge in [-0.3, -0.25) is 5.73 Å². The van der Waals surface area contributed by atoms with Gasteiger partial charge in [0, 0.05) is 10.8 Å². The highest BCUT2D eigenvalue weighted by Gasteiger charge is 2.34. The summed E-state index contributed by atoms with van der Waals surface area (Å²) in [5, 5.41) is 10.7. The average molecular weight is 682 g/mol. The maximum Gasteiger partial charge on any atom is 0.223 e. The first kappa shape index (κ1) is 36.0. The molecule has 4 aromatic carbocycles. The molecule has 50 heavy (non-hydrogen) atoms. The van der Waals surface area contributed by atoms with Crippen molar-refractivity contribution in [2.45, 2.75) is 89.3 Å². The van der Waals surface area contributed by atoms with Crippen molar-refractivity contribution < 1.29 is 33.5 Å². The lowest BCUT2D eigenvalue weighted by Gasteiger charge is -2.30. The van der Waals surface area contributed by atoms with Gasteiger partial charge >= 0.3 is 0 Å². The van der Waals surface area contributed by atoms with Crippen LogP contribution in [0.2, 0.25) is 0 Å². The number of aliphatic hydroxyl groups is 1. The van der Waals surface area contributed by atoms with Crippen LogP contribution in [-0.2, 0) is 41.1 Å². The largest absolute Gasteiger partial charge is 0.491 e. The summed E-state index contributed by atoms with van der Waals surface area (Å²) in [6, 6.07) is 32.9. The number of rotatable bonds is 16. The van der Waals surface area contributed by atoms with Crippen LogP contribution in [0.15, 0.2) is 97.1 Å². The van der Waals surface area contributed by atoms with Crippen molar-refractivity contribution in [3.63, 3.8) is 0 Å². The van der Waals surface area contributed by atoms with E-state index in [1.54, 1.807) is 6.92 Å². The first-order chi connectivity index (χ1) is 23.6. The molecule has 0 aliphatic carbocycles. The van der Waals surface area contributed by atoms with E-state index in [9.17, 15) is 5.11 Å². The van der Waals surface area contributed by atoms with Gasteiger partial charge in [-0.15, -0.1) is 0 Å². The molecule has 2 saturated heterocycles. The topological polar surface area (TPSA) is 108 Å². The summed E-state index contributed by atoms with van der Waals surface area (Å²) >= 11 is 0. The monoisotopic (exact) mass is 681 g/mol. The van der Waals surface area contributed by atoms with E-state index in [1.165, 1.54) is 11.1 Å². The number of ether oxygens (including phenoxy) is 6. The summed E-state index contributed by atoms with van der Waals surface area (Å²) in [6.45, 7) is 16.1. The Bertz CT molecular complexity index is 1700. The lowest BCUT2D eigenvalue weighted by molar-refractivity contribution is -0.0786. The lowest BCUT2D eigenvalue weighted by atomic mass is 9.77. The molecule has 0 radical (unpaired) electrons. The van der Waals surface area contributed by atoms with Gasteiger partial charge in [0.2, 0.25) is 6.29 Å². The molecule has 2 heterocycles. The molecule has 2 fully saturated rings. The van der Waals surface area contributed by atoms with Crippen LogP contribution >= 0.6 is 0 Å². The Hall–Kier alpha value is -3.76. The molecule has 3 N–H and O–H groups in total. The molecule has 0 amide bonds. The Balaban J connectivity index is 0.985. The highest BCUT2D eigenvalue weighted by atomic mass is 16.8. The molecular formula is C42H51NO7. The van der Waals surface area contributed by atoms with Crippen molar-refractivity contribution in [2.24, 2.45) is 5.73 Å². The van der Waals surface area contributed by atoms with E-state index < -0.39 is 17.4 Å². The summed E-state index contributed by atoms with van der Waals surface area (Å²) in [5.41, 5.74) is 11.2. The fourth-order valence-electron chi connectivity index (χ4n) is 6.11. The van der Waals surface area contributed by atoms with Crippen molar-refractivity contribution in [2.75, 3.05) is 26.4 Å². The van der Waals surface area contributed by atoms with Crippen molar-refractivity contribution in [1.29, 1.82) is 0 Å². The van der Waals surface area contributed by atoms with Gasteiger partial charge in [0.15, 0.2) is 6.29 Å². The first-order valence-electron chi connectivity index (χ1n) is 17.4. The third-order valence-electron chi connectivity index (χ3n) is 9.95. The fourth-order valence-corrected chi connectivity index (χ4v) is 6.11. The van der Waals surface area contributed by atoms with E-state index in [2.05, 4.69) is 102 Å². The SMILES string of the molecule is CC(C)(OC1CO1)c1ccc(C(C)(C)c2ccc(OCC(O)COC(C)(N)c3ccc(C(C)(C)c4ccc(OC5CO5)cc4)cc3)cc2)cc1. The second-order valence-electron chi connectivity index (χ2n) is 15.1. The molecule has 0 saturated carbocycles. The molecular weight excluding hydrogens is 630 g/mol. The Labute approximate surface area is 296 Å². The average Bonchev–Trinajstić information content (AvgIpc) is 4.05. The van der Waals surface area contributed by atoms with E-state index in [0.29, 0.717) is 19.0 Å². The maximum atomic E-state index is 10.7. The predicted octanol–water partition coefficient (Wildman–Crippen LogP) is 7.27. The molecule has 4 unspecified atom stereocenters. The van der Waals surface area contributed by atoms with E-state index in [4.69, 9.17) is 34.2 Å². The van der Waals surface area contributed by atoms with E-state index in [-0.39, 0.29) is 36.6 Å². The number of hydrogen-bond acceptors (Lipinski definition) is 8. The molecule has 8 heteroatoms. The lowest BCUT2D eigenvalue weighted by Crippen LogP contribution is -2.39. The number of hydrogen-bond donors (Lipinski definition) is 2. The van der Waals surface area contributed by atoms with Crippen LogP contribution in [0.25, 0.3) is 0 Å². The molecule has 0 bridgehead atoms. The van der Waals surface area contributed by atoms with Crippen LogP contribution in [0, 0.1) is 0 Å². The third kappa shape index (κ3) is 8.57. The Morgan fingerprint density at radius 2 is 1.00 bits per heavy atom. The van der Waals surface area contributed by atoms with Crippen molar-refractivity contribution in [3.8, 4) is 11.5 Å². The van der Waals surface area contributed by atoms with Crippen LogP contribution in [0.3, 0.4) is 0 Å². The summed E-state index contributed by atoms with van der Waals surface area (Å²) < 4.78 is 34.0. The van der Waals surface area contributed by atoms with Gasteiger partial charge in [-0.2, -0.15) is 0 Å². The number of benzene rings is 4. The zero-order chi connectivity index (χ0) is 35.7. The summed E-state index contributed by atoms with van der Waals surface area (Å²) in [4.78, 5) is 0. The predicted molar refractivity (Wildman–Crippen MR) is 193 cm³/mol. The van der Waals surface area contributed by atoms with Crippen LogP contribution in [0.5, 0.6) is 11.5 Å². The van der Waals surface area contributed by atoms with Crippen LogP contribution < -0.4 is 15.2 Å². The minimum atomic E-state index is -1.09. The Kier molecular flexibility index (Phi) is 10.2. The van der Waals surface area contributed by atoms with Crippen LogP contribution in [0.1, 0.15) is 81.8 Å². The fraction of sp³-hybridized carbons (Fsp3) is 0.429. The summed E-state index contributed by atoms with van der Waals surface area (Å²) in [7, 11) is 0. The van der Waals surface area contributed by atoms with Crippen LogP contribution in [0.4, 0.5) is 0 Å². The minimum absolute atomic E-state index is 0.0250. The Morgan fingerprint density at radius 3 is 1.46 bits per heavy atom. The van der Waals surface area contributed by atoms with Gasteiger partial charge in [0.05, 0.1) is 12.2 Å². The zero-order valence-corrected chi connectivity index (χ0v) is 30.3. The van der Waals surface area contributed by atoms with Gasteiger partial charge in [0.25, 0.3) is 0 Å². The van der Waals surface area contributed by atoms with Gasteiger partial charge in [-0.1, -0.05) is 100 Å². The number of nitrogens with two attached hydrogens (primary N) is 1. The standard InChI is InChI=1S/C42H51NO7/c1-39(2,28-8-12-32(13-9-28)41(5,6)50-38-27-47-38)30-16-20-35(21-17-30)45-24-34(44)25-48-42(7,43)33-14-10-29(11-15-33)40(3,4)31-18-22-36(23-19-31)49-37-26-46-37/h8-23,34,37-38,44H,24-27,43H2,1-7H3. The molecule has 2 aliphatic rings. The van der Waals surface area contributed by atoms with Gasteiger partial charge in [-0.05, 0) is 78.4 Å². The van der Waals surface area contributed by atoms with E-state index in [0.717, 1.165) is 28.0 Å². The van der Waals surface area contributed by atoms with Crippen molar-refractivity contribution in [3.05, 3.63) is 130 Å². The second kappa shape index (κ2) is 14.1. The number of epoxide rings is 2. The van der Waals surface area contributed by atoms with Crippen molar-refractivity contribution in [1.82, 2.24) is 0 Å². The molecule has 0 spiro atoms. The summed E-state index contributed by atoms with van der Waals surface area (Å²) in [5.74, 6) is 1.48. The molecule has 266 valence electrons. The normalized spacial score (nSPS) is 19.4. The molecule has 4 aromatic rings. The highest BCUT2D eigenvalue weighted by Crippen LogP contribution is 2.36. The van der Waals surface area contributed by atoms with Crippen LogP contribution in [-0.4, -0.2) is 50.2 Å². The van der Waals surface area contributed by atoms with Gasteiger partial charge < -0.3 is 33.5 Å². The van der Waals surface area contributed by atoms with E-state index in [1.807, 2.05) is 36.4 Å². The molecule has 2 aliphatic heterocycles. The smallest absolute Gasteiger partial charge is 0.223 e. The molecule has 8 nitrogen and oxygen atoms in total. The first-order valence-corrected chi connectivity index (χ1v) is 17.4. The van der Waals surface area contributed by atoms with Gasteiger partial charge in [0.1, 0.15) is 43.1 Å². The second-order valence-corrected chi connectivity index (χ2v) is 15.1. The third-order valence-corrected chi connectivity index (χ3v) is 9.95. The molecule has 0 aromatic heterocycles. The quantitative estimate of drug-likeness (QED) is 0.0940. The number of aliphatic hydroxyl groups excluding tert-OH is 1. The molecule has 6 rings (SSSR count). The maximum absolute atomic E-state index is 10.7. The minimum Gasteiger partial charge on any atom is -0.491 e. The highest BCUT2D eigenvalue weighted by molar-refractivity contribution is 5.43.